The molecule has 0 heterocycles. The van der Waals surface area contributed by atoms with E-state index in [9.17, 15) is 4.79 Å². The molecule has 0 saturated heterocycles. The minimum atomic E-state index is -0.0756. The molecule has 18 heavy (non-hydrogen) atoms. The van der Waals surface area contributed by atoms with Crippen molar-refractivity contribution < 1.29 is 9.90 Å². The molecule has 0 aliphatic rings. The molecule has 100 valence electrons. The van der Waals surface area contributed by atoms with Crippen LogP contribution in [0.3, 0.4) is 0 Å². The fourth-order valence-electron chi connectivity index (χ4n) is 1.70. The van der Waals surface area contributed by atoms with Crippen molar-refractivity contribution in [2.75, 3.05) is 13.2 Å². The van der Waals surface area contributed by atoms with Crippen LogP contribution in [0.4, 0.5) is 0 Å². The molecule has 3 nitrogen and oxygen atoms in total. The van der Waals surface area contributed by atoms with E-state index in [1.165, 1.54) is 5.56 Å². The molecular weight excluding hydrogens is 226 g/mol. The van der Waals surface area contributed by atoms with Gasteiger partial charge in [-0.15, -0.1) is 0 Å². The summed E-state index contributed by atoms with van der Waals surface area (Å²) in [4.78, 5) is 11.9. The Morgan fingerprint density at radius 1 is 1.28 bits per heavy atom. The van der Waals surface area contributed by atoms with Crippen LogP contribution in [0.15, 0.2) is 24.3 Å². The molecule has 1 aromatic rings. The quantitative estimate of drug-likeness (QED) is 0.813. The maximum atomic E-state index is 11.9. The number of benzene rings is 1. The number of aliphatic hydroxyl groups excluding tert-OH is 1. The average molecular weight is 249 g/mol. The van der Waals surface area contributed by atoms with Crippen LogP contribution in [-0.4, -0.2) is 24.2 Å². The average Bonchev–Trinajstić information content (AvgIpc) is 2.36. The number of rotatable bonds is 6. The SMILES string of the molecule is CCc1ccc(C(=O)NCC(C)(C)CCO)cc1. The van der Waals surface area contributed by atoms with E-state index in [4.69, 9.17) is 5.11 Å². The van der Waals surface area contributed by atoms with Gasteiger partial charge in [0.15, 0.2) is 0 Å². The first-order valence-corrected chi connectivity index (χ1v) is 6.46. The number of aryl methyl sites for hydroxylation is 1. The van der Waals surface area contributed by atoms with E-state index in [2.05, 4.69) is 12.2 Å². The summed E-state index contributed by atoms with van der Waals surface area (Å²) in [6.45, 7) is 6.87. The highest BCUT2D eigenvalue weighted by atomic mass is 16.3. The van der Waals surface area contributed by atoms with Gasteiger partial charge in [-0.05, 0) is 36.0 Å². The molecule has 0 radical (unpaired) electrons. The molecule has 0 fully saturated rings. The van der Waals surface area contributed by atoms with Gasteiger partial charge in [0.1, 0.15) is 0 Å². The summed E-state index contributed by atoms with van der Waals surface area (Å²) in [6, 6.07) is 7.67. The van der Waals surface area contributed by atoms with E-state index in [-0.39, 0.29) is 17.9 Å². The summed E-state index contributed by atoms with van der Waals surface area (Å²) < 4.78 is 0. The summed E-state index contributed by atoms with van der Waals surface area (Å²) in [5.41, 5.74) is 1.84. The third-order valence-corrected chi connectivity index (χ3v) is 3.14. The van der Waals surface area contributed by atoms with Gasteiger partial charge in [-0.2, -0.15) is 0 Å². The Kier molecular flexibility index (Phi) is 5.35. The third kappa shape index (κ3) is 4.49. The Hall–Kier alpha value is -1.35. The second kappa shape index (κ2) is 6.55. The normalized spacial score (nSPS) is 11.3. The van der Waals surface area contributed by atoms with Crippen molar-refractivity contribution in [2.24, 2.45) is 5.41 Å². The van der Waals surface area contributed by atoms with Crippen molar-refractivity contribution in [3.05, 3.63) is 35.4 Å². The predicted octanol–water partition coefficient (Wildman–Crippen LogP) is 2.39. The Morgan fingerprint density at radius 3 is 2.39 bits per heavy atom. The second-order valence-electron chi connectivity index (χ2n) is 5.37. The zero-order valence-electron chi connectivity index (χ0n) is 11.5. The lowest BCUT2D eigenvalue weighted by atomic mass is 9.89. The standard InChI is InChI=1S/C15H23NO2/c1-4-12-5-7-13(8-6-12)14(18)16-11-15(2,3)9-10-17/h5-8,17H,4,9-11H2,1-3H3,(H,16,18). The van der Waals surface area contributed by atoms with E-state index < -0.39 is 0 Å². The number of carbonyl (C=O) groups excluding carboxylic acids is 1. The summed E-state index contributed by atoms with van der Waals surface area (Å²) in [5, 5.41) is 11.8. The molecule has 3 heteroatoms. The fraction of sp³-hybridized carbons (Fsp3) is 0.533. The van der Waals surface area contributed by atoms with E-state index in [0.29, 0.717) is 18.5 Å². The van der Waals surface area contributed by atoms with Crippen LogP contribution in [0.25, 0.3) is 0 Å². The van der Waals surface area contributed by atoms with Crippen LogP contribution in [0, 0.1) is 5.41 Å². The number of amides is 1. The van der Waals surface area contributed by atoms with Crippen LogP contribution in [0.5, 0.6) is 0 Å². The molecule has 0 atom stereocenters. The number of carbonyl (C=O) groups is 1. The smallest absolute Gasteiger partial charge is 0.251 e. The van der Waals surface area contributed by atoms with Crippen molar-refractivity contribution in [2.45, 2.75) is 33.6 Å². The maximum Gasteiger partial charge on any atom is 0.251 e. The molecule has 0 aliphatic carbocycles. The summed E-state index contributed by atoms with van der Waals surface area (Å²) in [7, 11) is 0. The first-order chi connectivity index (χ1) is 8.48. The van der Waals surface area contributed by atoms with Gasteiger partial charge in [-0.1, -0.05) is 32.9 Å². The topological polar surface area (TPSA) is 49.3 Å². The minimum Gasteiger partial charge on any atom is -0.396 e. The molecule has 0 spiro atoms. The van der Waals surface area contributed by atoms with Crippen LogP contribution in [0.1, 0.15) is 43.1 Å². The summed E-state index contributed by atoms with van der Waals surface area (Å²) >= 11 is 0. The molecule has 1 rings (SSSR count). The predicted molar refractivity (Wildman–Crippen MR) is 73.6 cm³/mol. The van der Waals surface area contributed by atoms with Crippen molar-refractivity contribution >= 4 is 5.91 Å². The number of aliphatic hydroxyl groups is 1. The Labute approximate surface area is 109 Å². The van der Waals surface area contributed by atoms with Gasteiger partial charge in [-0.3, -0.25) is 4.79 Å². The minimum absolute atomic E-state index is 0.0522. The molecular formula is C15H23NO2. The van der Waals surface area contributed by atoms with Crippen molar-refractivity contribution in [3.8, 4) is 0 Å². The molecule has 0 saturated carbocycles. The molecule has 2 N–H and O–H groups in total. The fourth-order valence-corrected chi connectivity index (χ4v) is 1.70. The highest BCUT2D eigenvalue weighted by Gasteiger charge is 2.18. The Morgan fingerprint density at radius 2 is 1.89 bits per heavy atom. The van der Waals surface area contributed by atoms with Gasteiger partial charge in [0.25, 0.3) is 5.91 Å². The molecule has 1 amide bonds. The number of hydrogen-bond acceptors (Lipinski definition) is 2. The Bertz CT molecular complexity index is 382. The maximum absolute atomic E-state index is 11.9. The molecule has 0 unspecified atom stereocenters. The van der Waals surface area contributed by atoms with Crippen molar-refractivity contribution in [1.82, 2.24) is 5.32 Å². The van der Waals surface area contributed by atoms with Crippen molar-refractivity contribution in [1.29, 1.82) is 0 Å². The number of nitrogens with one attached hydrogen (secondary N) is 1. The van der Waals surface area contributed by atoms with Gasteiger partial charge in [0, 0.05) is 18.7 Å². The molecule has 1 aromatic carbocycles. The third-order valence-electron chi connectivity index (χ3n) is 3.14. The van der Waals surface area contributed by atoms with Gasteiger partial charge >= 0.3 is 0 Å². The molecule has 0 aliphatic heterocycles. The monoisotopic (exact) mass is 249 g/mol. The zero-order valence-corrected chi connectivity index (χ0v) is 11.5. The summed E-state index contributed by atoms with van der Waals surface area (Å²) in [6.07, 6.45) is 1.66. The van der Waals surface area contributed by atoms with Gasteiger partial charge < -0.3 is 10.4 Å². The van der Waals surface area contributed by atoms with Gasteiger partial charge in [-0.25, -0.2) is 0 Å². The number of hydrogen-bond donors (Lipinski definition) is 2. The highest BCUT2D eigenvalue weighted by Crippen LogP contribution is 2.18. The van der Waals surface area contributed by atoms with Gasteiger partial charge in [0.2, 0.25) is 0 Å². The summed E-state index contributed by atoms with van der Waals surface area (Å²) in [5.74, 6) is -0.0522. The first kappa shape index (κ1) is 14.7. The van der Waals surface area contributed by atoms with E-state index in [0.717, 1.165) is 6.42 Å². The Balaban J connectivity index is 2.54. The zero-order chi connectivity index (χ0) is 13.6. The first-order valence-electron chi connectivity index (χ1n) is 6.46. The van der Waals surface area contributed by atoms with E-state index in [1.54, 1.807) is 0 Å². The van der Waals surface area contributed by atoms with Crippen LogP contribution in [-0.2, 0) is 6.42 Å². The van der Waals surface area contributed by atoms with Crippen LogP contribution < -0.4 is 5.32 Å². The van der Waals surface area contributed by atoms with Crippen molar-refractivity contribution in [3.63, 3.8) is 0 Å². The lowest BCUT2D eigenvalue weighted by Crippen LogP contribution is -2.34. The highest BCUT2D eigenvalue weighted by molar-refractivity contribution is 5.94. The van der Waals surface area contributed by atoms with E-state index in [1.807, 2.05) is 38.1 Å². The van der Waals surface area contributed by atoms with Crippen LogP contribution >= 0.6 is 0 Å². The molecule has 0 aromatic heterocycles. The van der Waals surface area contributed by atoms with Gasteiger partial charge in [0.05, 0.1) is 0 Å². The lowest BCUT2D eigenvalue weighted by molar-refractivity contribution is 0.0928. The lowest BCUT2D eigenvalue weighted by Gasteiger charge is -2.23. The largest absolute Gasteiger partial charge is 0.396 e. The van der Waals surface area contributed by atoms with E-state index >= 15 is 0 Å². The molecule has 0 bridgehead atoms. The van der Waals surface area contributed by atoms with Crippen LogP contribution in [0.2, 0.25) is 0 Å². The second-order valence-corrected chi connectivity index (χ2v) is 5.37.